The largest absolute Gasteiger partial charge is 0.497 e. The van der Waals surface area contributed by atoms with E-state index in [2.05, 4.69) is 22.0 Å². The number of aromatic nitrogens is 1. The molecule has 1 aromatic heterocycles. The van der Waals surface area contributed by atoms with Crippen molar-refractivity contribution >= 4 is 23.1 Å². The molecule has 0 saturated heterocycles. The summed E-state index contributed by atoms with van der Waals surface area (Å²) in [5.41, 5.74) is 2.84. The fraction of sp³-hybridized carbons (Fsp3) is 0.333. The van der Waals surface area contributed by atoms with Crippen LogP contribution in [-0.2, 0) is 0 Å². The summed E-state index contributed by atoms with van der Waals surface area (Å²) in [7, 11) is 1.57. The van der Waals surface area contributed by atoms with Gasteiger partial charge in [-0.1, -0.05) is 23.7 Å². The molecule has 0 spiro atoms. The van der Waals surface area contributed by atoms with Gasteiger partial charge in [0.1, 0.15) is 22.9 Å². The van der Waals surface area contributed by atoms with E-state index in [1.165, 1.54) is 11.8 Å². The van der Waals surface area contributed by atoms with E-state index >= 15 is 0 Å². The van der Waals surface area contributed by atoms with Gasteiger partial charge in [-0.3, -0.25) is 19.6 Å². The van der Waals surface area contributed by atoms with Crippen LogP contribution in [0.4, 0.5) is 0 Å². The molecule has 0 fully saturated rings. The number of benzene rings is 1. The van der Waals surface area contributed by atoms with Crippen LogP contribution in [0.25, 0.3) is 5.57 Å². The average molecular weight is 440 g/mol. The van der Waals surface area contributed by atoms with Gasteiger partial charge in [0.15, 0.2) is 0 Å². The molecule has 162 valence electrons. The van der Waals surface area contributed by atoms with Gasteiger partial charge in [0.05, 0.1) is 18.4 Å². The minimum absolute atomic E-state index is 0.173. The van der Waals surface area contributed by atoms with Crippen LogP contribution in [0.3, 0.4) is 0 Å². The lowest BCUT2D eigenvalue weighted by atomic mass is 10.0. The fourth-order valence-corrected chi connectivity index (χ4v) is 4.04. The van der Waals surface area contributed by atoms with Crippen molar-refractivity contribution in [1.29, 1.82) is 0 Å². The molecule has 0 radical (unpaired) electrons. The van der Waals surface area contributed by atoms with Gasteiger partial charge in [-0.25, -0.2) is 0 Å². The number of carbonyl (C=O) groups is 1. The zero-order valence-corrected chi connectivity index (χ0v) is 18.3. The Hall–Kier alpha value is -2.83. The Morgan fingerprint density at radius 1 is 1.19 bits per heavy atom. The quantitative estimate of drug-likeness (QED) is 0.468. The second-order valence-electron chi connectivity index (χ2n) is 7.58. The number of methoxy groups -OCH3 is 1. The van der Waals surface area contributed by atoms with Crippen molar-refractivity contribution < 1.29 is 14.3 Å². The van der Waals surface area contributed by atoms with E-state index < -0.39 is 0 Å². The van der Waals surface area contributed by atoms with Gasteiger partial charge in [0.2, 0.25) is 0 Å². The van der Waals surface area contributed by atoms with Gasteiger partial charge in [-0.05, 0) is 61.7 Å². The molecule has 1 amide bonds. The second kappa shape index (κ2) is 9.98. The predicted octanol–water partition coefficient (Wildman–Crippen LogP) is 4.53. The predicted molar refractivity (Wildman–Crippen MR) is 121 cm³/mol. The van der Waals surface area contributed by atoms with Crippen molar-refractivity contribution in [3.8, 4) is 11.5 Å². The van der Waals surface area contributed by atoms with Crippen LogP contribution in [0, 0.1) is 0 Å². The molecular formula is C24H26ClN3O3. The minimum atomic E-state index is -0.173. The van der Waals surface area contributed by atoms with E-state index in [4.69, 9.17) is 21.1 Å². The molecule has 0 N–H and O–H groups in total. The second-order valence-corrected chi connectivity index (χ2v) is 7.97. The van der Waals surface area contributed by atoms with E-state index in [0.717, 1.165) is 44.6 Å². The summed E-state index contributed by atoms with van der Waals surface area (Å²) in [6.45, 7) is 3.47. The molecule has 0 atom stereocenters. The van der Waals surface area contributed by atoms with Crippen LogP contribution >= 0.6 is 11.6 Å². The van der Waals surface area contributed by atoms with Gasteiger partial charge in [0.25, 0.3) is 5.91 Å². The van der Waals surface area contributed by atoms with Gasteiger partial charge in [-0.15, -0.1) is 0 Å². The zero-order chi connectivity index (χ0) is 21.6. The highest BCUT2D eigenvalue weighted by atomic mass is 35.5. The average Bonchev–Trinajstić information content (AvgIpc) is 2.94. The van der Waals surface area contributed by atoms with Crippen molar-refractivity contribution in [2.24, 2.45) is 0 Å². The number of hydrogen-bond donors (Lipinski definition) is 0. The van der Waals surface area contributed by atoms with Crippen molar-refractivity contribution in [3.63, 3.8) is 0 Å². The molecular weight excluding hydrogens is 414 g/mol. The van der Waals surface area contributed by atoms with Gasteiger partial charge < -0.3 is 9.47 Å². The first-order chi connectivity index (χ1) is 15.2. The number of carbonyl (C=O) groups excluding carboxylic acids is 1. The summed E-state index contributed by atoms with van der Waals surface area (Å²) in [5, 5.41) is 0.293. The molecule has 0 aliphatic carbocycles. The maximum Gasteiger partial charge on any atom is 0.262 e. The van der Waals surface area contributed by atoms with Gasteiger partial charge >= 0.3 is 0 Å². The van der Waals surface area contributed by atoms with Crippen LogP contribution in [-0.4, -0.2) is 54.0 Å². The molecule has 4 rings (SSSR count). The molecule has 31 heavy (non-hydrogen) atoms. The Morgan fingerprint density at radius 2 is 2.06 bits per heavy atom. The number of amides is 1. The lowest BCUT2D eigenvalue weighted by Gasteiger charge is -2.26. The molecule has 0 bridgehead atoms. The zero-order valence-electron chi connectivity index (χ0n) is 17.6. The smallest absolute Gasteiger partial charge is 0.262 e. The summed E-state index contributed by atoms with van der Waals surface area (Å²) in [6.07, 6.45) is 8.37. The summed E-state index contributed by atoms with van der Waals surface area (Å²) in [4.78, 5) is 21.5. The monoisotopic (exact) mass is 439 g/mol. The van der Waals surface area contributed by atoms with Crippen LogP contribution < -0.4 is 9.47 Å². The third kappa shape index (κ3) is 5.09. The van der Waals surface area contributed by atoms with Crippen LogP contribution in [0.1, 0.15) is 35.3 Å². The maximum absolute atomic E-state index is 13.0. The van der Waals surface area contributed by atoms with E-state index in [0.29, 0.717) is 28.8 Å². The lowest BCUT2D eigenvalue weighted by molar-refractivity contribution is 0.0814. The Labute approximate surface area is 187 Å². The van der Waals surface area contributed by atoms with Crippen molar-refractivity contribution in [2.45, 2.75) is 19.3 Å². The van der Waals surface area contributed by atoms with Gasteiger partial charge in [0, 0.05) is 25.8 Å². The molecule has 6 nitrogen and oxygen atoms in total. The Morgan fingerprint density at radius 3 is 2.81 bits per heavy atom. The molecule has 2 aliphatic heterocycles. The third-order valence-corrected chi connectivity index (χ3v) is 5.89. The Balaban J connectivity index is 1.29. The molecule has 2 aliphatic rings. The highest BCUT2D eigenvalue weighted by molar-refractivity contribution is 6.30. The summed E-state index contributed by atoms with van der Waals surface area (Å²) >= 11 is 6.33. The van der Waals surface area contributed by atoms with E-state index in [9.17, 15) is 4.79 Å². The summed E-state index contributed by atoms with van der Waals surface area (Å²) in [5.74, 6) is 0.917. The van der Waals surface area contributed by atoms with Crippen molar-refractivity contribution in [3.05, 3.63) is 71.3 Å². The van der Waals surface area contributed by atoms with Crippen molar-refractivity contribution in [1.82, 2.24) is 14.8 Å². The first-order valence-corrected chi connectivity index (χ1v) is 10.9. The lowest BCUT2D eigenvalue weighted by Crippen LogP contribution is -2.31. The highest BCUT2D eigenvalue weighted by Gasteiger charge is 2.26. The number of unbranched alkanes of at least 4 members (excludes halogenated alkanes) is 1. The molecule has 0 saturated carbocycles. The van der Waals surface area contributed by atoms with Crippen molar-refractivity contribution in [2.75, 3.05) is 33.3 Å². The molecule has 7 heteroatoms. The van der Waals surface area contributed by atoms with Crippen LogP contribution in [0.15, 0.2) is 60.1 Å². The van der Waals surface area contributed by atoms with E-state index in [-0.39, 0.29) is 5.91 Å². The van der Waals surface area contributed by atoms with E-state index in [1.807, 2.05) is 18.3 Å². The number of nitrogens with zero attached hydrogens (tertiary/aromatic N) is 3. The first kappa shape index (κ1) is 21.4. The SMILES string of the molecule is COc1ccc2c(c1)C(=O)N(CCCCN1CC=C(c3ccccn3)CC1)C(Cl)=CO2. The fourth-order valence-electron chi connectivity index (χ4n) is 3.84. The minimum Gasteiger partial charge on any atom is -0.497 e. The number of halogens is 1. The number of ether oxygens (including phenoxy) is 2. The molecule has 0 unspecified atom stereocenters. The summed E-state index contributed by atoms with van der Waals surface area (Å²) in [6, 6.07) is 11.2. The molecule has 3 heterocycles. The maximum atomic E-state index is 13.0. The Bertz CT molecular complexity index is 991. The van der Waals surface area contributed by atoms with Crippen LogP contribution in [0.5, 0.6) is 11.5 Å². The normalized spacial score (nSPS) is 16.7. The van der Waals surface area contributed by atoms with E-state index in [1.54, 1.807) is 30.2 Å². The molecule has 2 aromatic rings. The highest BCUT2D eigenvalue weighted by Crippen LogP contribution is 2.30. The Kier molecular flexibility index (Phi) is 6.89. The number of rotatable bonds is 7. The van der Waals surface area contributed by atoms with Gasteiger partial charge in [-0.2, -0.15) is 0 Å². The number of hydrogen-bond acceptors (Lipinski definition) is 5. The number of pyridine rings is 1. The third-order valence-electron chi connectivity index (χ3n) is 5.60. The van der Waals surface area contributed by atoms with Crippen LogP contribution in [0.2, 0.25) is 0 Å². The first-order valence-electron chi connectivity index (χ1n) is 10.5. The standard InChI is InChI=1S/C24H26ClN3O3/c1-30-19-7-8-22-20(16-19)24(29)28(23(25)17-31-22)13-5-4-12-27-14-9-18(10-15-27)21-6-2-3-11-26-21/h2-3,6-9,11,16-17H,4-5,10,12-15H2,1H3. The topological polar surface area (TPSA) is 54.9 Å². The number of fused-ring (bicyclic) bond motifs is 1. The molecule has 1 aromatic carbocycles. The summed E-state index contributed by atoms with van der Waals surface area (Å²) < 4.78 is 10.8.